The molecule has 1 aromatic heterocycles. The van der Waals surface area contributed by atoms with Gasteiger partial charge in [-0.2, -0.15) is 0 Å². The van der Waals surface area contributed by atoms with Gasteiger partial charge in [0.25, 0.3) is 5.91 Å². The monoisotopic (exact) mass is 307 g/mol. The number of nitrogens with one attached hydrogen (secondary N) is 1. The normalized spacial score (nSPS) is 16.7. The Balaban J connectivity index is 1.66. The van der Waals surface area contributed by atoms with Gasteiger partial charge in [0.05, 0.1) is 30.0 Å². The Kier molecular flexibility index (Phi) is 3.26. The first-order valence-electron chi connectivity index (χ1n) is 7.66. The molecule has 1 atom stereocenters. The van der Waals surface area contributed by atoms with Gasteiger partial charge in [-0.3, -0.25) is 4.79 Å². The number of aromatic nitrogens is 2. The fourth-order valence-corrected chi connectivity index (χ4v) is 3.14. The number of fused-ring (bicyclic) bond motifs is 2. The first kappa shape index (κ1) is 13.8. The summed E-state index contributed by atoms with van der Waals surface area (Å²) in [6.45, 7) is 0.624. The minimum Gasteiger partial charge on any atom is -0.493 e. The number of aromatic amines is 1. The van der Waals surface area contributed by atoms with Gasteiger partial charge in [0.1, 0.15) is 5.75 Å². The molecular formula is C18H17N3O2. The van der Waals surface area contributed by atoms with E-state index >= 15 is 0 Å². The van der Waals surface area contributed by atoms with Gasteiger partial charge in [0.2, 0.25) is 0 Å². The van der Waals surface area contributed by atoms with Gasteiger partial charge in [0.15, 0.2) is 0 Å². The summed E-state index contributed by atoms with van der Waals surface area (Å²) in [5, 5.41) is 0. The number of benzene rings is 2. The van der Waals surface area contributed by atoms with E-state index in [4.69, 9.17) is 4.74 Å². The summed E-state index contributed by atoms with van der Waals surface area (Å²) in [4.78, 5) is 21.9. The number of carbonyl (C=O) groups is 1. The van der Waals surface area contributed by atoms with E-state index in [0.717, 1.165) is 28.8 Å². The van der Waals surface area contributed by atoms with Crippen LogP contribution in [0, 0.1) is 0 Å². The molecule has 3 aromatic rings. The Hall–Kier alpha value is -2.82. The lowest BCUT2D eigenvalue weighted by molar-refractivity contribution is 0.0686. The molecule has 1 unspecified atom stereocenters. The maximum absolute atomic E-state index is 12.9. The zero-order valence-electron chi connectivity index (χ0n) is 12.8. The van der Waals surface area contributed by atoms with Crippen molar-refractivity contribution < 1.29 is 9.53 Å². The van der Waals surface area contributed by atoms with Crippen LogP contribution in [0.5, 0.6) is 5.75 Å². The maximum Gasteiger partial charge on any atom is 0.254 e. The lowest BCUT2D eigenvalue weighted by Crippen LogP contribution is -2.34. The molecule has 0 spiro atoms. The number of rotatable bonds is 2. The number of nitrogens with zero attached hydrogens (tertiary/aromatic N) is 2. The van der Waals surface area contributed by atoms with E-state index < -0.39 is 0 Å². The average Bonchev–Trinajstić information content (AvgIpc) is 3.07. The molecule has 0 saturated heterocycles. The summed E-state index contributed by atoms with van der Waals surface area (Å²) < 4.78 is 5.69. The minimum atomic E-state index is 0.00297. The zero-order chi connectivity index (χ0) is 15.8. The van der Waals surface area contributed by atoms with E-state index in [1.165, 1.54) is 0 Å². The third kappa shape index (κ3) is 2.34. The van der Waals surface area contributed by atoms with Crippen LogP contribution in [0.2, 0.25) is 0 Å². The molecule has 1 amide bonds. The Morgan fingerprint density at radius 1 is 1.30 bits per heavy atom. The first-order valence-corrected chi connectivity index (χ1v) is 7.66. The predicted octanol–water partition coefficient (Wildman–Crippen LogP) is 3.16. The molecule has 1 aliphatic heterocycles. The summed E-state index contributed by atoms with van der Waals surface area (Å²) in [5.41, 5.74) is 3.46. The molecule has 0 radical (unpaired) electrons. The van der Waals surface area contributed by atoms with Crippen LogP contribution in [0.4, 0.5) is 0 Å². The standard InChI is InChI=1S/C18H17N3O2/c1-21(16-8-9-23-17-5-3-2-4-13(16)17)18(22)12-6-7-14-15(10-12)20-11-19-14/h2-7,10-11,16H,8-9H2,1H3,(H,19,20). The number of carbonyl (C=O) groups excluding carboxylic acids is 1. The molecule has 116 valence electrons. The predicted molar refractivity (Wildman–Crippen MR) is 87.5 cm³/mol. The van der Waals surface area contributed by atoms with Crippen molar-refractivity contribution in [3.8, 4) is 5.75 Å². The van der Waals surface area contributed by atoms with Gasteiger partial charge in [-0.25, -0.2) is 4.98 Å². The zero-order valence-corrected chi connectivity index (χ0v) is 12.8. The van der Waals surface area contributed by atoms with Crippen molar-refractivity contribution in [3.63, 3.8) is 0 Å². The number of imidazole rings is 1. The van der Waals surface area contributed by atoms with E-state index in [2.05, 4.69) is 9.97 Å². The van der Waals surface area contributed by atoms with Crippen molar-refractivity contribution >= 4 is 16.9 Å². The molecule has 2 heterocycles. The second kappa shape index (κ2) is 5.43. The summed E-state index contributed by atoms with van der Waals surface area (Å²) in [6, 6.07) is 13.5. The summed E-state index contributed by atoms with van der Waals surface area (Å²) in [5.74, 6) is 0.871. The molecular weight excluding hydrogens is 290 g/mol. The van der Waals surface area contributed by atoms with Crippen molar-refractivity contribution in [2.75, 3.05) is 13.7 Å². The van der Waals surface area contributed by atoms with Crippen LogP contribution in [-0.2, 0) is 0 Å². The molecule has 2 aromatic carbocycles. The van der Waals surface area contributed by atoms with E-state index in [9.17, 15) is 4.79 Å². The summed E-state index contributed by atoms with van der Waals surface area (Å²) in [6.07, 6.45) is 2.43. The maximum atomic E-state index is 12.9. The highest BCUT2D eigenvalue weighted by Gasteiger charge is 2.28. The number of ether oxygens (including phenoxy) is 1. The second-order valence-corrected chi connectivity index (χ2v) is 5.74. The quantitative estimate of drug-likeness (QED) is 0.791. The van der Waals surface area contributed by atoms with Gasteiger partial charge in [0, 0.05) is 24.6 Å². The van der Waals surface area contributed by atoms with Crippen LogP contribution in [0.15, 0.2) is 48.8 Å². The molecule has 23 heavy (non-hydrogen) atoms. The van der Waals surface area contributed by atoms with Crippen molar-refractivity contribution in [2.24, 2.45) is 0 Å². The van der Waals surface area contributed by atoms with Crippen LogP contribution in [0.1, 0.15) is 28.4 Å². The van der Waals surface area contributed by atoms with Gasteiger partial charge >= 0.3 is 0 Å². The topological polar surface area (TPSA) is 58.2 Å². The van der Waals surface area contributed by atoms with E-state index in [1.54, 1.807) is 11.2 Å². The summed E-state index contributed by atoms with van der Waals surface area (Å²) in [7, 11) is 1.85. The molecule has 0 fully saturated rings. The third-order valence-corrected chi connectivity index (χ3v) is 4.38. The van der Waals surface area contributed by atoms with Crippen LogP contribution < -0.4 is 4.74 Å². The van der Waals surface area contributed by atoms with Crippen LogP contribution in [-0.4, -0.2) is 34.4 Å². The highest BCUT2D eigenvalue weighted by atomic mass is 16.5. The number of H-pyrrole nitrogens is 1. The van der Waals surface area contributed by atoms with Crippen molar-refractivity contribution in [1.82, 2.24) is 14.9 Å². The van der Waals surface area contributed by atoms with E-state index in [-0.39, 0.29) is 11.9 Å². The van der Waals surface area contributed by atoms with Gasteiger partial charge < -0.3 is 14.6 Å². The molecule has 4 rings (SSSR count). The lowest BCUT2D eigenvalue weighted by Gasteiger charge is -2.33. The van der Waals surface area contributed by atoms with E-state index in [0.29, 0.717) is 12.2 Å². The molecule has 0 saturated carbocycles. The van der Waals surface area contributed by atoms with Crippen LogP contribution in [0.3, 0.4) is 0 Å². The smallest absolute Gasteiger partial charge is 0.254 e. The summed E-state index contributed by atoms with van der Waals surface area (Å²) >= 11 is 0. The largest absolute Gasteiger partial charge is 0.493 e. The fraction of sp³-hybridized carbons (Fsp3) is 0.222. The van der Waals surface area contributed by atoms with Gasteiger partial charge in [-0.1, -0.05) is 18.2 Å². The molecule has 5 nitrogen and oxygen atoms in total. The SMILES string of the molecule is CN(C(=O)c1ccc2nc[nH]c2c1)C1CCOc2ccccc21. The third-order valence-electron chi connectivity index (χ3n) is 4.38. The average molecular weight is 307 g/mol. The fourth-order valence-electron chi connectivity index (χ4n) is 3.14. The molecule has 0 bridgehead atoms. The molecule has 1 aliphatic rings. The molecule has 0 aliphatic carbocycles. The minimum absolute atomic E-state index is 0.00297. The molecule has 5 heteroatoms. The van der Waals surface area contributed by atoms with Gasteiger partial charge in [-0.15, -0.1) is 0 Å². The van der Waals surface area contributed by atoms with Crippen molar-refractivity contribution in [2.45, 2.75) is 12.5 Å². The first-order chi connectivity index (χ1) is 11.2. The Bertz CT molecular complexity index is 871. The highest BCUT2D eigenvalue weighted by molar-refractivity contribution is 5.97. The van der Waals surface area contributed by atoms with Gasteiger partial charge in [-0.05, 0) is 24.3 Å². The van der Waals surface area contributed by atoms with Crippen molar-refractivity contribution in [3.05, 3.63) is 59.9 Å². The second-order valence-electron chi connectivity index (χ2n) is 5.74. The van der Waals surface area contributed by atoms with E-state index in [1.807, 2.05) is 49.5 Å². The number of hydrogen-bond donors (Lipinski definition) is 1. The number of hydrogen-bond acceptors (Lipinski definition) is 3. The number of para-hydroxylation sites is 1. The van der Waals surface area contributed by atoms with Crippen LogP contribution in [0.25, 0.3) is 11.0 Å². The Morgan fingerprint density at radius 2 is 2.17 bits per heavy atom. The highest BCUT2D eigenvalue weighted by Crippen LogP contribution is 2.35. The number of amides is 1. The lowest BCUT2D eigenvalue weighted by atomic mass is 9.98. The molecule has 1 N–H and O–H groups in total. The van der Waals surface area contributed by atoms with Crippen molar-refractivity contribution in [1.29, 1.82) is 0 Å². The Morgan fingerprint density at radius 3 is 3.09 bits per heavy atom. The Labute approximate surface area is 133 Å². The van der Waals surface area contributed by atoms with Crippen LogP contribution >= 0.6 is 0 Å².